The molecule has 1 atom stereocenters. The van der Waals surface area contributed by atoms with Crippen LogP contribution in [0.2, 0.25) is 0 Å². The number of aryl methyl sites for hydroxylation is 1. The van der Waals surface area contributed by atoms with E-state index >= 15 is 0 Å². The van der Waals surface area contributed by atoms with Crippen molar-refractivity contribution in [3.63, 3.8) is 0 Å². The molecule has 38 heavy (non-hydrogen) atoms. The van der Waals surface area contributed by atoms with Crippen LogP contribution in [0, 0.1) is 0 Å². The van der Waals surface area contributed by atoms with Crippen molar-refractivity contribution < 1.29 is 0 Å². The molecule has 0 spiro atoms. The smallest absolute Gasteiger partial charge is 0.207 e. The van der Waals surface area contributed by atoms with Crippen molar-refractivity contribution in [3.05, 3.63) is 94.7 Å². The second-order valence-electron chi connectivity index (χ2n) is 10.1. The Kier molecular flexibility index (Phi) is 6.22. The predicted molar refractivity (Wildman–Crippen MR) is 164 cm³/mol. The summed E-state index contributed by atoms with van der Waals surface area (Å²) in [6, 6.07) is 28.7. The van der Waals surface area contributed by atoms with E-state index < -0.39 is 0 Å². The quantitative estimate of drug-likeness (QED) is 0.182. The van der Waals surface area contributed by atoms with E-state index in [0.29, 0.717) is 0 Å². The van der Waals surface area contributed by atoms with Crippen LogP contribution in [0.15, 0.2) is 89.3 Å². The first-order valence-electron chi connectivity index (χ1n) is 13.6. The molecule has 0 bridgehead atoms. The zero-order valence-corrected chi connectivity index (χ0v) is 23.1. The number of hydrogen-bond donors (Lipinski definition) is 0. The van der Waals surface area contributed by atoms with Crippen LogP contribution in [0.4, 0.5) is 5.13 Å². The lowest BCUT2D eigenvalue weighted by Crippen LogP contribution is -2.18. The van der Waals surface area contributed by atoms with Gasteiger partial charge in [0.2, 0.25) is 5.13 Å². The Balaban J connectivity index is 1.31. The van der Waals surface area contributed by atoms with E-state index in [1.165, 1.54) is 62.6 Å². The van der Waals surface area contributed by atoms with Crippen molar-refractivity contribution in [2.45, 2.75) is 51.6 Å². The summed E-state index contributed by atoms with van der Waals surface area (Å²) in [7, 11) is 0. The Hall–Kier alpha value is -3.48. The Morgan fingerprint density at radius 1 is 0.868 bits per heavy atom. The minimum atomic E-state index is 0.115. The van der Waals surface area contributed by atoms with E-state index in [1.807, 2.05) is 0 Å². The van der Waals surface area contributed by atoms with Crippen LogP contribution in [0.3, 0.4) is 0 Å². The van der Waals surface area contributed by atoms with Crippen molar-refractivity contribution in [1.29, 1.82) is 0 Å². The molecule has 4 nitrogen and oxygen atoms in total. The Morgan fingerprint density at radius 2 is 1.74 bits per heavy atom. The van der Waals surface area contributed by atoms with Crippen molar-refractivity contribution in [3.8, 4) is 0 Å². The third kappa shape index (κ3) is 4.12. The Labute approximate surface area is 230 Å². The van der Waals surface area contributed by atoms with Crippen molar-refractivity contribution in [2.24, 2.45) is 5.10 Å². The molecular weight excluding hydrogens is 505 g/mol. The summed E-state index contributed by atoms with van der Waals surface area (Å²) < 4.78 is 3.72. The fourth-order valence-electron chi connectivity index (χ4n) is 5.71. The molecular formula is C32H30N4S2. The topological polar surface area (TPSA) is 33.4 Å². The number of aromatic nitrogens is 2. The van der Waals surface area contributed by atoms with Crippen molar-refractivity contribution >= 4 is 65.5 Å². The predicted octanol–water partition coefficient (Wildman–Crippen LogP) is 9.40. The van der Waals surface area contributed by atoms with Crippen LogP contribution in [0.1, 0.15) is 55.5 Å². The van der Waals surface area contributed by atoms with Gasteiger partial charge in [-0.25, -0.2) is 9.99 Å². The van der Waals surface area contributed by atoms with Crippen LogP contribution < -0.4 is 5.01 Å². The van der Waals surface area contributed by atoms with Crippen LogP contribution >= 0.6 is 22.7 Å². The number of anilines is 1. The average molecular weight is 535 g/mol. The van der Waals surface area contributed by atoms with Crippen LogP contribution in [0.25, 0.3) is 32.0 Å². The van der Waals surface area contributed by atoms with Gasteiger partial charge in [-0.3, -0.25) is 0 Å². The third-order valence-electron chi connectivity index (χ3n) is 7.61. The molecule has 1 unspecified atom stereocenters. The maximum Gasteiger partial charge on any atom is 0.207 e. The molecule has 6 aromatic rings. The van der Waals surface area contributed by atoms with E-state index in [1.54, 1.807) is 22.7 Å². The normalized spacial score (nSPS) is 15.8. The first-order valence-corrected chi connectivity index (χ1v) is 15.3. The molecule has 0 radical (unpaired) electrons. The second-order valence-corrected chi connectivity index (χ2v) is 12.0. The molecule has 1 aliphatic heterocycles. The number of fused-ring (bicyclic) bond motifs is 4. The standard InChI is InChI=1S/C32H30N4S2/c1-2-3-4-9-18-35-27-13-7-5-11-23(27)24-20-22(16-17-28(24)35)29-21-26(30-15-10-19-37-30)34-36(29)32-33-25-12-6-8-14-31(25)38-32/h5-8,10-17,19-20,29H,2-4,9,18,21H2,1H3. The second kappa shape index (κ2) is 10.0. The lowest BCUT2D eigenvalue weighted by molar-refractivity contribution is 0.602. The fraction of sp³-hybridized carbons (Fsp3) is 0.250. The lowest BCUT2D eigenvalue weighted by Gasteiger charge is -2.21. The fourth-order valence-corrected chi connectivity index (χ4v) is 7.40. The van der Waals surface area contributed by atoms with Gasteiger partial charge in [-0.1, -0.05) is 80.0 Å². The number of hydrogen-bond acceptors (Lipinski definition) is 5. The van der Waals surface area contributed by atoms with Gasteiger partial charge in [-0.2, -0.15) is 5.10 Å². The molecule has 4 heterocycles. The molecule has 0 amide bonds. The van der Waals surface area contributed by atoms with Crippen molar-refractivity contribution in [1.82, 2.24) is 9.55 Å². The highest BCUT2D eigenvalue weighted by molar-refractivity contribution is 7.22. The van der Waals surface area contributed by atoms with Gasteiger partial charge in [0.1, 0.15) is 0 Å². The summed E-state index contributed by atoms with van der Waals surface area (Å²) >= 11 is 3.48. The van der Waals surface area contributed by atoms with Gasteiger partial charge in [0, 0.05) is 34.8 Å². The first-order chi connectivity index (χ1) is 18.8. The number of thiophene rings is 1. The zero-order valence-electron chi connectivity index (χ0n) is 21.5. The SMILES string of the molecule is CCCCCCn1c2ccccc2c2cc(C3CC(c4cccs4)=NN3c3nc4ccccc4s3)ccc21. The summed E-state index contributed by atoms with van der Waals surface area (Å²) in [5.74, 6) is 0. The van der Waals surface area contributed by atoms with Crippen molar-refractivity contribution in [2.75, 3.05) is 5.01 Å². The number of benzene rings is 3. The van der Waals surface area contributed by atoms with Crippen LogP contribution in [0.5, 0.6) is 0 Å². The molecule has 1 aliphatic rings. The molecule has 0 saturated heterocycles. The Bertz CT molecular complexity index is 1730. The lowest BCUT2D eigenvalue weighted by atomic mass is 9.99. The number of nitrogens with zero attached hydrogens (tertiary/aromatic N) is 4. The third-order valence-corrected chi connectivity index (χ3v) is 9.56. The van der Waals surface area contributed by atoms with Gasteiger partial charge < -0.3 is 4.57 Å². The largest absolute Gasteiger partial charge is 0.340 e. The summed E-state index contributed by atoms with van der Waals surface area (Å²) in [6.07, 6.45) is 5.94. The highest BCUT2D eigenvalue weighted by Gasteiger charge is 2.32. The minimum Gasteiger partial charge on any atom is -0.340 e. The summed E-state index contributed by atoms with van der Waals surface area (Å²) in [5, 5.41) is 13.1. The van der Waals surface area contributed by atoms with E-state index in [4.69, 9.17) is 10.1 Å². The highest BCUT2D eigenvalue weighted by atomic mass is 32.1. The molecule has 0 aliphatic carbocycles. The molecule has 0 N–H and O–H groups in total. The minimum absolute atomic E-state index is 0.115. The number of hydrazone groups is 1. The van der Waals surface area contributed by atoms with E-state index in [0.717, 1.165) is 29.3 Å². The average Bonchev–Trinajstić information content (AvgIpc) is 3.75. The molecule has 6 heteroatoms. The highest BCUT2D eigenvalue weighted by Crippen LogP contribution is 2.42. The van der Waals surface area contributed by atoms with Gasteiger partial charge in [-0.15, -0.1) is 11.3 Å². The van der Waals surface area contributed by atoms with Crippen LogP contribution in [-0.2, 0) is 6.54 Å². The van der Waals surface area contributed by atoms with E-state index in [-0.39, 0.29) is 6.04 Å². The molecule has 190 valence electrons. The number of para-hydroxylation sites is 2. The van der Waals surface area contributed by atoms with Gasteiger partial charge in [-0.05, 0) is 53.8 Å². The van der Waals surface area contributed by atoms with Gasteiger partial charge in [0.25, 0.3) is 0 Å². The maximum atomic E-state index is 5.16. The number of rotatable bonds is 8. The molecule has 0 fully saturated rings. The molecule has 3 aromatic carbocycles. The molecule has 3 aromatic heterocycles. The van der Waals surface area contributed by atoms with E-state index in [2.05, 4.69) is 101 Å². The van der Waals surface area contributed by atoms with Gasteiger partial charge >= 0.3 is 0 Å². The van der Waals surface area contributed by atoms with Gasteiger partial charge in [0.15, 0.2) is 0 Å². The number of thiazole rings is 1. The summed E-state index contributed by atoms with van der Waals surface area (Å²) in [4.78, 5) is 6.23. The van der Waals surface area contributed by atoms with Crippen LogP contribution in [-0.4, -0.2) is 15.3 Å². The number of unbranched alkanes of at least 4 members (excludes halogenated alkanes) is 3. The monoisotopic (exact) mass is 534 g/mol. The summed E-state index contributed by atoms with van der Waals surface area (Å²) in [6.45, 7) is 3.34. The maximum absolute atomic E-state index is 5.16. The zero-order chi connectivity index (χ0) is 25.5. The summed E-state index contributed by atoms with van der Waals surface area (Å²) in [5.41, 5.74) is 6.13. The van der Waals surface area contributed by atoms with E-state index in [9.17, 15) is 0 Å². The Morgan fingerprint density at radius 3 is 2.61 bits per heavy atom. The van der Waals surface area contributed by atoms with Gasteiger partial charge in [0.05, 0.1) is 26.8 Å². The molecule has 0 saturated carbocycles. The first kappa shape index (κ1) is 23.6. The molecule has 7 rings (SSSR count).